The van der Waals surface area contributed by atoms with Gasteiger partial charge in [0, 0.05) is 6.04 Å². The first-order chi connectivity index (χ1) is 9.58. The monoisotopic (exact) mass is 272 g/mol. The standard InChI is InChI=1S/C15H20N4O/c1-4-5-11(3)16-15(20)9-14-17-12-7-6-10(2)8-13(12)18-19-14/h6-8,11H,4-5,9H2,1-3H3,(H,16,20). The molecular weight excluding hydrogens is 252 g/mol. The Labute approximate surface area is 118 Å². The predicted octanol–water partition coefficient (Wildman–Crippen LogP) is 2.18. The molecule has 0 aliphatic rings. The van der Waals surface area contributed by atoms with E-state index in [9.17, 15) is 4.79 Å². The Kier molecular flexibility index (Phi) is 4.61. The molecule has 2 aromatic rings. The highest BCUT2D eigenvalue weighted by Gasteiger charge is 2.10. The molecule has 1 amide bonds. The van der Waals surface area contributed by atoms with Gasteiger partial charge in [0.2, 0.25) is 5.91 Å². The van der Waals surface area contributed by atoms with E-state index in [0.717, 1.165) is 29.4 Å². The Morgan fingerprint density at radius 3 is 2.85 bits per heavy atom. The number of nitrogens with zero attached hydrogens (tertiary/aromatic N) is 3. The maximum absolute atomic E-state index is 11.9. The van der Waals surface area contributed by atoms with Crippen LogP contribution in [0.3, 0.4) is 0 Å². The first-order valence-corrected chi connectivity index (χ1v) is 6.98. The zero-order valence-electron chi connectivity index (χ0n) is 12.2. The van der Waals surface area contributed by atoms with Crippen LogP contribution in [0.15, 0.2) is 18.2 Å². The summed E-state index contributed by atoms with van der Waals surface area (Å²) in [6.45, 7) is 6.10. The van der Waals surface area contributed by atoms with E-state index in [1.54, 1.807) is 0 Å². The Morgan fingerprint density at radius 1 is 1.30 bits per heavy atom. The summed E-state index contributed by atoms with van der Waals surface area (Å²) >= 11 is 0. The summed E-state index contributed by atoms with van der Waals surface area (Å²) in [6, 6.07) is 6.00. The van der Waals surface area contributed by atoms with Crippen molar-refractivity contribution in [1.29, 1.82) is 0 Å². The third kappa shape index (κ3) is 3.73. The molecule has 1 aromatic heterocycles. The van der Waals surface area contributed by atoms with Crippen molar-refractivity contribution in [1.82, 2.24) is 20.5 Å². The van der Waals surface area contributed by atoms with Crippen LogP contribution in [-0.2, 0) is 11.2 Å². The second kappa shape index (κ2) is 6.41. The fourth-order valence-electron chi connectivity index (χ4n) is 2.13. The van der Waals surface area contributed by atoms with Gasteiger partial charge in [-0.3, -0.25) is 4.79 Å². The molecule has 5 heteroatoms. The number of carbonyl (C=O) groups excluding carboxylic acids is 1. The summed E-state index contributed by atoms with van der Waals surface area (Å²) in [5.41, 5.74) is 2.65. The minimum absolute atomic E-state index is 0.0563. The minimum Gasteiger partial charge on any atom is -0.353 e. The lowest BCUT2D eigenvalue weighted by Crippen LogP contribution is -2.34. The van der Waals surface area contributed by atoms with Crippen molar-refractivity contribution < 1.29 is 4.79 Å². The van der Waals surface area contributed by atoms with E-state index in [1.807, 2.05) is 32.0 Å². The van der Waals surface area contributed by atoms with Crippen molar-refractivity contribution in [3.63, 3.8) is 0 Å². The van der Waals surface area contributed by atoms with Crippen LogP contribution in [-0.4, -0.2) is 27.1 Å². The van der Waals surface area contributed by atoms with E-state index >= 15 is 0 Å². The van der Waals surface area contributed by atoms with E-state index in [0.29, 0.717) is 5.82 Å². The average molecular weight is 272 g/mol. The zero-order valence-corrected chi connectivity index (χ0v) is 12.2. The summed E-state index contributed by atoms with van der Waals surface area (Å²) in [6.07, 6.45) is 2.20. The van der Waals surface area contributed by atoms with Crippen LogP contribution >= 0.6 is 0 Å². The molecule has 2 rings (SSSR count). The van der Waals surface area contributed by atoms with Crippen LogP contribution in [0.2, 0.25) is 0 Å². The van der Waals surface area contributed by atoms with E-state index in [2.05, 4.69) is 27.4 Å². The van der Waals surface area contributed by atoms with Crippen LogP contribution in [0.4, 0.5) is 0 Å². The van der Waals surface area contributed by atoms with Gasteiger partial charge in [0.05, 0.1) is 11.9 Å². The van der Waals surface area contributed by atoms with Gasteiger partial charge < -0.3 is 5.32 Å². The van der Waals surface area contributed by atoms with Gasteiger partial charge in [-0.15, -0.1) is 10.2 Å². The van der Waals surface area contributed by atoms with E-state index in [-0.39, 0.29) is 18.4 Å². The molecule has 1 unspecified atom stereocenters. The fourth-order valence-corrected chi connectivity index (χ4v) is 2.13. The number of aromatic nitrogens is 3. The molecule has 106 valence electrons. The van der Waals surface area contributed by atoms with Crippen molar-refractivity contribution in [2.75, 3.05) is 0 Å². The molecule has 0 radical (unpaired) electrons. The molecule has 0 aliphatic carbocycles. The molecule has 0 aliphatic heterocycles. The average Bonchev–Trinajstić information content (AvgIpc) is 2.39. The molecule has 1 N–H and O–H groups in total. The number of benzene rings is 1. The van der Waals surface area contributed by atoms with Crippen LogP contribution in [0.5, 0.6) is 0 Å². The third-order valence-electron chi connectivity index (χ3n) is 3.10. The van der Waals surface area contributed by atoms with Gasteiger partial charge in [0.15, 0.2) is 5.82 Å². The van der Waals surface area contributed by atoms with Gasteiger partial charge >= 0.3 is 0 Å². The minimum atomic E-state index is -0.0563. The van der Waals surface area contributed by atoms with Gasteiger partial charge in [-0.2, -0.15) is 0 Å². The number of fused-ring (bicyclic) bond motifs is 1. The highest BCUT2D eigenvalue weighted by Crippen LogP contribution is 2.10. The largest absolute Gasteiger partial charge is 0.353 e. The fraction of sp³-hybridized carbons (Fsp3) is 0.467. The number of carbonyl (C=O) groups is 1. The van der Waals surface area contributed by atoms with Crippen LogP contribution in [0.1, 0.15) is 38.1 Å². The van der Waals surface area contributed by atoms with Gasteiger partial charge in [-0.05, 0) is 38.0 Å². The summed E-state index contributed by atoms with van der Waals surface area (Å²) in [5.74, 6) is 0.404. The second-order valence-corrected chi connectivity index (χ2v) is 5.15. The Balaban J connectivity index is 2.06. The maximum atomic E-state index is 11.9. The highest BCUT2D eigenvalue weighted by atomic mass is 16.1. The molecule has 1 heterocycles. The molecule has 1 aromatic carbocycles. The van der Waals surface area contributed by atoms with Crippen molar-refractivity contribution in [2.45, 2.75) is 46.1 Å². The maximum Gasteiger partial charge on any atom is 0.227 e. The lowest BCUT2D eigenvalue weighted by atomic mass is 10.2. The van der Waals surface area contributed by atoms with E-state index in [4.69, 9.17) is 0 Å². The van der Waals surface area contributed by atoms with Gasteiger partial charge in [-0.25, -0.2) is 4.98 Å². The van der Waals surface area contributed by atoms with Crippen LogP contribution < -0.4 is 5.32 Å². The Morgan fingerprint density at radius 2 is 2.10 bits per heavy atom. The van der Waals surface area contributed by atoms with Crippen molar-refractivity contribution >= 4 is 16.9 Å². The molecule has 0 fully saturated rings. The molecular formula is C15H20N4O. The van der Waals surface area contributed by atoms with Gasteiger partial charge in [0.1, 0.15) is 5.52 Å². The third-order valence-corrected chi connectivity index (χ3v) is 3.10. The van der Waals surface area contributed by atoms with E-state index < -0.39 is 0 Å². The number of amides is 1. The lowest BCUT2D eigenvalue weighted by Gasteiger charge is -2.12. The predicted molar refractivity (Wildman–Crippen MR) is 78.3 cm³/mol. The highest BCUT2D eigenvalue weighted by molar-refractivity contribution is 5.79. The Bertz CT molecular complexity index is 612. The summed E-state index contributed by atoms with van der Waals surface area (Å²) in [5, 5.41) is 11.1. The smallest absolute Gasteiger partial charge is 0.227 e. The molecule has 5 nitrogen and oxygen atoms in total. The van der Waals surface area contributed by atoms with E-state index in [1.165, 1.54) is 0 Å². The molecule has 0 saturated heterocycles. The molecule has 1 atom stereocenters. The summed E-state index contributed by atoms with van der Waals surface area (Å²) in [4.78, 5) is 16.2. The topological polar surface area (TPSA) is 67.8 Å². The quantitative estimate of drug-likeness (QED) is 0.906. The van der Waals surface area contributed by atoms with Gasteiger partial charge in [0.25, 0.3) is 0 Å². The van der Waals surface area contributed by atoms with Crippen LogP contribution in [0.25, 0.3) is 11.0 Å². The summed E-state index contributed by atoms with van der Waals surface area (Å²) in [7, 11) is 0. The number of rotatable bonds is 5. The van der Waals surface area contributed by atoms with Crippen molar-refractivity contribution in [3.05, 3.63) is 29.6 Å². The zero-order chi connectivity index (χ0) is 14.5. The summed E-state index contributed by atoms with van der Waals surface area (Å²) < 4.78 is 0. The van der Waals surface area contributed by atoms with Crippen molar-refractivity contribution in [2.24, 2.45) is 0 Å². The normalized spacial score (nSPS) is 12.3. The molecule has 0 bridgehead atoms. The first-order valence-electron chi connectivity index (χ1n) is 6.98. The number of aryl methyl sites for hydroxylation is 1. The number of hydrogen-bond acceptors (Lipinski definition) is 4. The van der Waals surface area contributed by atoms with Crippen molar-refractivity contribution in [3.8, 4) is 0 Å². The molecule has 0 spiro atoms. The lowest BCUT2D eigenvalue weighted by molar-refractivity contribution is -0.121. The Hall–Kier alpha value is -2.04. The van der Waals surface area contributed by atoms with Gasteiger partial charge in [-0.1, -0.05) is 19.4 Å². The second-order valence-electron chi connectivity index (χ2n) is 5.15. The molecule has 0 saturated carbocycles. The number of hydrogen-bond donors (Lipinski definition) is 1. The molecule has 20 heavy (non-hydrogen) atoms. The first kappa shape index (κ1) is 14.4. The van der Waals surface area contributed by atoms with Crippen LogP contribution in [0, 0.1) is 6.92 Å². The number of nitrogens with one attached hydrogen (secondary N) is 1. The SMILES string of the molecule is CCCC(C)NC(=O)Cc1nnc2cc(C)ccc2n1.